The zero-order chi connectivity index (χ0) is 18.1. The third kappa shape index (κ3) is 3.30. The molecule has 0 bridgehead atoms. The van der Waals surface area contributed by atoms with Gasteiger partial charge >= 0.3 is 0 Å². The van der Waals surface area contributed by atoms with E-state index in [0.29, 0.717) is 18.2 Å². The Kier molecular flexibility index (Phi) is 4.38. The van der Waals surface area contributed by atoms with Gasteiger partial charge in [0.1, 0.15) is 12.1 Å². The number of benzene rings is 1. The van der Waals surface area contributed by atoms with Crippen molar-refractivity contribution in [3.8, 4) is 11.3 Å². The van der Waals surface area contributed by atoms with E-state index in [0.717, 1.165) is 27.8 Å². The first-order valence-electron chi connectivity index (χ1n) is 8.56. The lowest BCUT2D eigenvalue weighted by atomic mass is 10.1. The van der Waals surface area contributed by atoms with Crippen LogP contribution in [-0.4, -0.2) is 24.6 Å². The van der Waals surface area contributed by atoms with Gasteiger partial charge in [0.2, 0.25) is 0 Å². The second kappa shape index (κ2) is 6.84. The lowest BCUT2D eigenvalue weighted by Gasteiger charge is -2.12. The van der Waals surface area contributed by atoms with Crippen LogP contribution in [0.5, 0.6) is 0 Å². The Labute approximate surface area is 156 Å². The number of rotatable bonds is 5. The molecular formula is C19H20N6S. The van der Waals surface area contributed by atoms with Crippen molar-refractivity contribution in [1.29, 1.82) is 0 Å². The number of hydrogen-bond donors (Lipinski definition) is 1. The van der Waals surface area contributed by atoms with E-state index in [1.807, 2.05) is 13.0 Å². The number of thiazole rings is 1. The van der Waals surface area contributed by atoms with E-state index < -0.39 is 0 Å². The van der Waals surface area contributed by atoms with Crippen LogP contribution >= 0.6 is 11.3 Å². The fourth-order valence-corrected chi connectivity index (χ4v) is 3.40. The van der Waals surface area contributed by atoms with Crippen LogP contribution in [-0.2, 0) is 6.54 Å². The molecule has 0 saturated carbocycles. The molecule has 0 aliphatic rings. The maximum absolute atomic E-state index is 4.57. The number of aryl methyl sites for hydroxylation is 1. The first-order valence-corrected chi connectivity index (χ1v) is 9.44. The minimum atomic E-state index is 0.327. The summed E-state index contributed by atoms with van der Waals surface area (Å²) in [6.45, 7) is 6.96. The van der Waals surface area contributed by atoms with Gasteiger partial charge in [-0.2, -0.15) is 14.6 Å². The largest absolute Gasteiger partial charge is 0.366 e. The van der Waals surface area contributed by atoms with Crippen molar-refractivity contribution in [3.63, 3.8) is 0 Å². The van der Waals surface area contributed by atoms with Gasteiger partial charge < -0.3 is 5.32 Å². The van der Waals surface area contributed by atoms with Crippen molar-refractivity contribution in [1.82, 2.24) is 24.6 Å². The van der Waals surface area contributed by atoms with Crippen molar-refractivity contribution < 1.29 is 0 Å². The number of aromatic nitrogens is 5. The molecule has 0 aliphatic carbocycles. The third-order valence-corrected chi connectivity index (χ3v) is 4.95. The summed E-state index contributed by atoms with van der Waals surface area (Å²) in [7, 11) is 0. The van der Waals surface area contributed by atoms with Gasteiger partial charge in [-0.3, -0.25) is 0 Å². The Bertz CT molecular complexity index is 1050. The third-order valence-electron chi connectivity index (χ3n) is 4.18. The van der Waals surface area contributed by atoms with Gasteiger partial charge in [0, 0.05) is 23.6 Å². The average molecular weight is 364 g/mol. The van der Waals surface area contributed by atoms with Crippen LogP contribution in [0.2, 0.25) is 0 Å². The van der Waals surface area contributed by atoms with Crippen LogP contribution in [0.25, 0.3) is 17.0 Å². The first-order chi connectivity index (χ1) is 12.6. The smallest absolute Gasteiger partial charge is 0.254 e. The van der Waals surface area contributed by atoms with E-state index in [-0.39, 0.29) is 0 Å². The summed E-state index contributed by atoms with van der Waals surface area (Å²) in [5.41, 5.74) is 4.35. The summed E-state index contributed by atoms with van der Waals surface area (Å²) in [5.74, 6) is 1.84. The summed E-state index contributed by atoms with van der Waals surface area (Å²) in [5, 5.41) is 10.9. The molecule has 132 valence electrons. The summed E-state index contributed by atoms with van der Waals surface area (Å²) in [4.78, 5) is 13.3. The van der Waals surface area contributed by atoms with Gasteiger partial charge in [-0.05, 0) is 24.5 Å². The minimum absolute atomic E-state index is 0.327. The minimum Gasteiger partial charge on any atom is -0.366 e. The van der Waals surface area contributed by atoms with Gasteiger partial charge in [0.15, 0.2) is 0 Å². The topological polar surface area (TPSA) is 68.0 Å². The fraction of sp³-hybridized carbons (Fsp3) is 0.263. The highest BCUT2D eigenvalue weighted by Gasteiger charge is 2.10. The predicted octanol–water partition coefficient (Wildman–Crippen LogP) is 4.29. The van der Waals surface area contributed by atoms with Crippen molar-refractivity contribution in [2.24, 2.45) is 0 Å². The van der Waals surface area contributed by atoms with Gasteiger partial charge in [-0.15, -0.1) is 11.3 Å². The molecule has 26 heavy (non-hydrogen) atoms. The molecule has 0 aliphatic heterocycles. The SMILES string of the molecule is Cc1nc(-c2cccc(CNc3cc(C(C)C)nc4ncnn34)c2)cs1. The molecule has 1 N–H and O–H groups in total. The maximum atomic E-state index is 4.57. The molecule has 4 aromatic rings. The molecule has 4 rings (SSSR count). The molecule has 0 atom stereocenters. The van der Waals surface area contributed by atoms with Gasteiger partial charge in [-0.25, -0.2) is 9.97 Å². The fourth-order valence-electron chi connectivity index (χ4n) is 2.78. The lowest BCUT2D eigenvalue weighted by Crippen LogP contribution is -2.08. The van der Waals surface area contributed by atoms with E-state index in [1.54, 1.807) is 15.9 Å². The number of anilines is 1. The Morgan fingerprint density at radius 2 is 2.08 bits per heavy atom. The normalized spacial score (nSPS) is 11.4. The van der Waals surface area contributed by atoms with E-state index in [1.165, 1.54) is 11.9 Å². The zero-order valence-corrected chi connectivity index (χ0v) is 15.8. The summed E-state index contributed by atoms with van der Waals surface area (Å²) >= 11 is 1.67. The Hall–Kier alpha value is -2.80. The molecule has 7 heteroatoms. The molecule has 0 radical (unpaired) electrons. The Balaban J connectivity index is 1.60. The molecule has 6 nitrogen and oxygen atoms in total. The van der Waals surface area contributed by atoms with Crippen LogP contribution < -0.4 is 5.32 Å². The standard InChI is InChI=1S/C19H20N6S/c1-12(2)16-8-18(25-19(24-16)21-11-22-25)20-9-14-5-4-6-15(7-14)17-10-26-13(3)23-17/h4-8,10-12,20H,9H2,1-3H3. The molecule has 0 unspecified atom stereocenters. The Morgan fingerprint density at radius 1 is 1.19 bits per heavy atom. The summed E-state index contributed by atoms with van der Waals surface area (Å²) < 4.78 is 1.74. The van der Waals surface area contributed by atoms with Crippen LogP contribution in [0.15, 0.2) is 42.0 Å². The Morgan fingerprint density at radius 3 is 2.85 bits per heavy atom. The van der Waals surface area contributed by atoms with Crippen molar-refractivity contribution in [2.45, 2.75) is 33.2 Å². The number of fused-ring (bicyclic) bond motifs is 1. The summed E-state index contributed by atoms with van der Waals surface area (Å²) in [6, 6.07) is 10.5. The van der Waals surface area contributed by atoms with Gasteiger partial charge in [0.25, 0.3) is 5.78 Å². The highest BCUT2D eigenvalue weighted by Crippen LogP contribution is 2.23. The molecule has 3 heterocycles. The lowest BCUT2D eigenvalue weighted by molar-refractivity contribution is 0.806. The highest BCUT2D eigenvalue weighted by atomic mass is 32.1. The molecule has 3 aromatic heterocycles. The molecule has 0 fully saturated rings. The van der Waals surface area contributed by atoms with E-state index in [4.69, 9.17) is 0 Å². The second-order valence-corrected chi connectivity index (χ2v) is 7.56. The summed E-state index contributed by atoms with van der Waals surface area (Å²) in [6.07, 6.45) is 1.53. The van der Waals surface area contributed by atoms with E-state index in [9.17, 15) is 0 Å². The molecule has 0 spiro atoms. The van der Waals surface area contributed by atoms with Crippen molar-refractivity contribution >= 4 is 22.9 Å². The first kappa shape index (κ1) is 16.7. The molecule has 0 amide bonds. The second-order valence-electron chi connectivity index (χ2n) is 6.50. The number of nitrogens with one attached hydrogen (secondary N) is 1. The molecule has 0 saturated heterocycles. The van der Waals surface area contributed by atoms with Crippen LogP contribution in [0.3, 0.4) is 0 Å². The number of hydrogen-bond acceptors (Lipinski definition) is 6. The maximum Gasteiger partial charge on any atom is 0.254 e. The van der Waals surface area contributed by atoms with Crippen LogP contribution in [0.1, 0.15) is 36.0 Å². The van der Waals surface area contributed by atoms with Crippen LogP contribution in [0.4, 0.5) is 5.82 Å². The van der Waals surface area contributed by atoms with Crippen LogP contribution in [0, 0.1) is 6.92 Å². The van der Waals surface area contributed by atoms with Gasteiger partial charge in [0.05, 0.1) is 16.4 Å². The monoisotopic (exact) mass is 364 g/mol. The zero-order valence-electron chi connectivity index (χ0n) is 15.0. The van der Waals surface area contributed by atoms with E-state index in [2.05, 4.69) is 68.9 Å². The van der Waals surface area contributed by atoms with E-state index >= 15 is 0 Å². The van der Waals surface area contributed by atoms with Gasteiger partial charge in [-0.1, -0.05) is 32.0 Å². The van der Waals surface area contributed by atoms with Crippen molar-refractivity contribution in [2.75, 3.05) is 5.32 Å². The molecule has 1 aromatic carbocycles. The quantitative estimate of drug-likeness (QED) is 0.572. The van der Waals surface area contributed by atoms with Crippen molar-refractivity contribution in [3.05, 3.63) is 58.3 Å². The highest BCUT2D eigenvalue weighted by molar-refractivity contribution is 7.09. The predicted molar refractivity (Wildman–Crippen MR) is 104 cm³/mol. The number of nitrogens with zero attached hydrogens (tertiary/aromatic N) is 5. The molecular weight excluding hydrogens is 344 g/mol. The average Bonchev–Trinajstić information content (AvgIpc) is 3.28.